The minimum atomic E-state index is -0.440. The molecular weight excluding hydrogens is 332 g/mol. The summed E-state index contributed by atoms with van der Waals surface area (Å²) in [7, 11) is 0. The number of esters is 1. The number of nitrogens with one attached hydrogen (secondary N) is 1. The topological polar surface area (TPSA) is 78.9 Å². The molecule has 1 aliphatic carbocycles. The molecule has 0 bridgehead atoms. The van der Waals surface area contributed by atoms with Crippen molar-refractivity contribution in [2.75, 3.05) is 25.0 Å². The van der Waals surface area contributed by atoms with E-state index in [2.05, 4.69) is 5.32 Å². The van der Waals surface area contributed by atoms with E-state index in [1.807, 2.05) is 18.2 Å². The van der Waals surface area contributed by atoms with Crippen LogP contribution in [0.1, 0.15) is 48.9 Å². The fourth-order valence-electron chi connectivity index (χ4n) is 4.32. The quantitative estimate of drug-likeness (QED) is 0.807. The molecule has 6 nitrogen and oxygen atoms in total. The number of β-amino-alcohol motifs (C(OH)–C–C–N with tert-alkyl or cyclic N) is 1. The first-order chi connectivity index (χ1) is 12.6. The van der Waals surface area contributed by atoms with E-state index in [0.29, 0.717) is 25.2 Å². The number of rotatable bonds is 4. The maximum atomic E-state index is 12.9. The lowest BCUT2D eigenvalue weighted by Gasteiger charge is -2.33. The molecular formula is C20H26N2O4. The zero-order chi connectivity index (χ0) is 18.1. The number of para-hydroxylation sites is 1. The molecule has 4 rings (SSSR count). The molecule has 2 saturated heterocycles. The van der Waals surface area contributed by atoms with Crippen molar-refractivity contribution in [1.82, 2.24) is 4.90 Å². The van der Waals surface area contributed by atoms with E-state index in [9.17, 15) is 14.7 Å². The lowest BCUT2D eigenvalue weighted by atomic mass is 9.67. The van der Waals surface area contributed by atoms with Gasteiger partial charge in [-0.15, -0.1) is 0 Å². The van der Waals surface area contributed by atoms with Gasteiger partial charge in [0.05, 0.1) is 23.6 Å². The van der Waals surface area contributed by atoms with Crippen LogP contribution in [0.3, 0.4) is 0 Å². The second-order valence-corrected chi connectivity index (χ2v) is 7.84. The highest BCUT2D eigenvalue weighted by Gasteiger charge is 2.52. The second kappa shape index (κ2) is 6.91. The van der Waals surface area contributed by atoms with Crippen molar-refractivity contribution in [3.05, 3.63) is 29.8 Å². The van der Waals surface area contributed by atoms with Crippen LogP contribution in [-0.2, 0) is 9.53 Å². The van der Waals surface area contributed by atoms with Gasteiger partial charge in [0.15, 0.2) is 0 Å². The average Bonchev–Trinajstić information content (AvgIpc) is 2.96. The third-order valence-electron chi connectivity index (χ3n) is 6.00. The molecule has 0 unspecified atom stereocenters. The average molecular weight is 358 g/mol. The number of cyclic esters (lactones) is 1. The van der Waals surface area contributed by atoms with Crippen molar-refractivity contribution in [2.24, 2.45) is 5.41 Å². The van der Waals surface area contributed by atoms with Crippen molar-refractivity contribution in [3.8, 4) is 0 Å². The first kappa shape index (κ1) is 17.3. The van der Waals surface area contributed by atoms with Gasteiger partial charge >= 0.3 is 5.97 Å². The number of piperidine rings is 1. The molecule has 3 fully saturated rings. The van der Waals surface area contributed by atoms with E-state index < -0.39 is 6.10 Å². The van der Waals surface area contributed by atoms with Gasteiger partial charge in [0.1, 0.15) is 6.10 Å². The zero-order valence-corrected chi connectivity index (χ0v) is 14.9. The third-order valence-corrected chi connectivity index (χ3v) is 6.00. The largest absolute Gasteiger partial charge is 0.460 e. The van der Waals surface area contributed by atoms with Gasteiger partial charge in [-0.25, -0.2) is 0 Å². The Hall–Kier alpha value is -2.08. The van der Waals surface area contributed by atoms with Gasteiger partial charge < -0.3 is 20.1 Å². The molecule has 1 saturated carbocycles. The van der Waals surface area contributed by atoms with Gasteiger partial charge in [-0.2, -0.15) is 0 Å². The van der Waals surface area contributed by atoms with E-state index in [4.69, 9.17) is 4.74 Å². The van der Waals surface area contributed by atoms with Crippen LogP contribution in [0.25, 0.3) is 0 Å². The van der Waals surface area contributed by atoms with Gasteiger partial charge in [0.2, 0.25) is 0 Å². The summed E-state index contributed by atoms with van der Waals surface area (Å²) in [4.78, 5) is 26.7. The van der Waals surface area contributed by atoms with Crippen molar-refractivity contribution < 1.29 is 19.4 Å². The number of benzene rings is 1. The number of hydrogen-bond acceptors (Lipinski definition) is 5. The molecule has 0 radical (unpaired) electrons. The molecule has 2 N–H and O–H groups in total. The van der Waals surface area contributed by atoms with E-state index in [1.165, 1.54) is 0 Å². The monoisotopic (exact) mass is 358 g/mol. The van der Waals surface area contributed by atoms with E-state index in [1.54, 1.807) is 11.0 Å². The first-order valence-corrected chi connectivity index (χ1v) is 9.59. The molecule has 0 aromatic heterocycles. The fourth-order valence-corrected chi connectivity index (χ4v) is 4.32. The highest BCUT2D eigenvalue weighted by Crippen LogP contribution is 2.50. The zero-order valence-electron chi connectivity index (χ0n) is 14.9. The van der Waals surface area contributed by atoms with Crippen LogP contribution in [0.5, 0.6) is 0 Å². The third kappa shape index (κ3) is 3.18. The summed E-state index contributed by atoms with van der Waals surface area (Å²) in [5.74, 6) is -0.118. The van der Waals surface area contributed by atoms with Gasteiger partial charge in [0.25, 0.3) is 5.91 Å². The number of aliphatic hydroxyl groups is 1. The number of anilines is 1. The number of ether oxygens (including phenoxy) is 1. The number of hydrogen-bond donors (Lipinski definition) is 2. The van der Waals surface area contributed by atoms with Gasteiger partial charge in [-0.05, 0) is 37.8 Å². The van der Waals surface area contributed by atoms with Crippen LogP contribution in [0, 0.1) is 5.41 Å². The second-order valence-electron chi connectivity index (χ2n) is 7.84. The van der Waals surface area contributed by atoms with Crippen LogP contribution in [0.15, 0.2) is 24.3 Å². The Morgan fingerprint density at radius 2 is 2.12 bits per heavy atom. The summed E-state index contributed by atoms with van der Waals surface area (Å²) >= 11 is 0. The Bertz CT molecular complexity index is 701. The summed E-state index contributed by atoms with van der Waals surface area (Å²) in [5, 5.41) is 13.1. The minimum Gasteiger partial charge on any atom is -0.460 e. The SMILES string of the molecule is O=C(c1ccccc1NC[C@@H]1CC2(CCC2)C(=O)O1)N1CCC[C@H](O)C1. The number of amides is 1. The predicted octanol–water partition coefficient (Wildman–Crippen LogP) is 2.18. The Balaban J connectivity index is 1.41. The Labute approximate surface area is 153 Å². The molecule has 26 heavy (non-hydrogen) atoms. The molecule has 2 aliphatic heterocycles. The maximum absolute atomic E-state index is 12.9. The number of carbonyl (C=O) groups is 2. The number of aliphatic hydroxyl groups excluding tert-OH is 1. The number of carbonyl (C=O) groups excluding carboxylic acids is 2. The number of nitrogens with zero attached hydrogens (tertiary/aromatic N) is 1. The fraction of sp³-hybridized carbons (Fsp3) is 0.600. The van der Waals surface area contributed by atoms with Crippen LogP contribution in [0.4, 0.5) is 5.69 Å². The van der Waals surface area contributed by atoms with E-state index in [-0.39, 0.29) is 23.4 Å². The Morgan fingerprint density at radius 1 is 1.31 bits per heavy atom. The van der Waals surface area contributed by atoms with Crippen LogP contribution in [-0.4, -0.2) is 53.7 Å². The normalized spacial score (nSPS) is 27.1. The van der Waals surface area contributed by atoms with E-state index in [0.717, 1.165) is 44.2 Å². The minimum absolute atomic E-state index is 0.0535. The van der Waals surface area contributed by atoms with Gasteiger partial charge in [-0.1, -0.05) is 18.6 Å². The lowest BCUT2D eigenvalue weighted by Crippen LogP contribution is -2.42. The molecule has 2 heterocycles. The summed E-state index contributed by atoms with van der Waals surface area (Å²) < 4.78 is 5.54. The van der Waals surface area contributed by atoms with Crippen LogP contribution < -0.4 is 5.32 Å². The standard InChI is InChI=1S/C20H26N2O4/c23-14-5-3-10-22(13-14)18(24)16-6-1-2-7-17(16)21-12-15-11-20(8-4-9-20)19(25)26-15/h1-2,6-7,14-15,21,23H,3-5,8-13H2/t14-,15-/m0/s1. The van der Waals surface area contributed by atoms with Crippen molar-refractivity contribution in [1.29, 1.82) is 0 Å². The first-order valence-electron chi connectivity index (χ1n) is 9.59. The lowest BCUT2D eigenvalue weighted by molar-refractivity contribution is -0.152. The Morgan fingerprint density at radius 3 is 2.81 bits per heavy atom. The van der Waals surface area contributed by atoms with Crippen molar-refractivity contribution in [2.45, 2.75) is 50.7 Å². The Kier molecular flexibility index (Phi) is 4.61. The molecule has 3 aliphatic rings. The summed E-state index contributed by atoms with van der Waals surface area (Å²) in [6.45, 7) is 1.57. The number of likely N-dealkylation sites (tertiary alicyclic amines) is 1. The molecule has 1 aromatic rings. The summed E-state index contributed by atoms with van der Waals surface area (Å²) in [6, 6.07) is 7.42. The molecule has 140 valence electrons. The predicted molar refractivity (Wildman–Crippen MR) is 96.9 cm³/mol. The maximum Gasteiger partial charge on any atom is 0.312 e. The van der Waals surface area contributed by atoms with Gasteiger partial charge in [0, 0.05) is 25.2 Å². The molecule has 1 spiro atoms. The molecule has 1 amide bonds. The van der Waals surface area contributed by atoms with Crippen molar-refractivity contribution in [3.63, 3.8) is 0 Å². The van der Waals surface area contributed by atoms with Crippen LogP contribution >= 0.6 is 0 Å². The highest BCUT2D eigenvalue weighted by molar-refractivity contribution is 5.99. The van der Waals surface area contributed by atoms with Gasteiger partial charge in [-0.3, -0.25) is 9.59 Å². The highest BCUT2D eigenvalue weighted by atomic mass is 16.6. The summed E-state index contributed by atoms with van der Waals surface area (Å²) in [5.41, 5.74) is 1.12. The van der Waals surface area contributed by atoms with Crippen LogP contribution in [0.2, 0.25) is 0 Å². The summed E-state index contributed by atoms with van der Waals surface area (Å²) in [6.07, 6.45) is 4.75. The molecule has 1 aromatic carbocycles. The van der Waals surface area contributed by atoms with Crippen molar-refractivity contribution >= 4 is 17.6 Å². The smallest absolute Gasteiger partial charge is 0.312 e. The molecule has 6 heteroatoms. The van der Waals surface area contributed by atoms with E-state index >= 15 is 0 Å². The molecule has 2 atom stereocenters.